The van der Waals surface area contributed by atoms with Crippen LogP contribution in [0.2, 0.25) is 5.02 Å². The van der Waals surface area contributed by atoms with Crippen LogP contribution in [0.25, 0.3) is 5.52 Å². The predicted octanol–water partition coefficient (Wildman–Crippen LogP) is 4.11. The molecule has 0 fully saturated rings. The summed E-state index contributed by atoms with van der Waals surface area (Å²) < 4.78 is 33.6. The van der Waals surface area contributed by atoms with Gasteiger partial charge in [-0.1, -0.05) is 35.9 Å². The normalized spacial score (nSPS) is 12.0. The lowest BCUT2D eigenvalue weighted by Crippen LogP contribution is -2.27. The Hall–Kier alpha value is -3.07. The number of nitrogens with zero attached hydrogens (tertiary/aromatic N) is 2. The minimum Gasteiger partial charge on any atom is -0.475 e. The third kappa shape index (κ3) is 5.23. The number of benzene rings is 1. The van der Waals surface area contributed by atoms with Crippen molar-refractivity contribution in [3.05, 3.63) is 71.3 Å². The highest BCUT2D eigenvalue weighted by Crippen LogP contribution is 2.22. The average molecular weight is 414 g/mol. The van der Waals surface area contributed by atoms with Crippen LogP contribution in [0.15, 0.2) is 55.0 Å². The van der Waals surface area contributed by atoms with E-state index < -0.39 is 12.1 Å². The van der Waals surface area contributed by atoms with E-state index in [4.69, 9.17) is 21.5 Å². The molecule has 10 heteroatoms. The van der Waals surface area contributed by atoms with Crippen LogP contribution >= 0.6 is 11.6 Å². The number of carboxylic acids is 1. The molecule has 0 aliphatic carbocycles. The van der Waals surface area contributed by atoms with Crippen molar-refractivity contribution in [3.63, 3.8) is 0 Å². The number of pyridine rings is 1. The van der Waals surface area contributed by atoms with Crippen LogP contribution < -0.4 is 5.32 Å². The fraction of sp³-hybridized carbons (Fsp3) is 0.167. The molecule has 1 amide bonds. The minimum absolute atomic E-state index is 0.188. The van der Waals surface area contributed by atoms with Gasteiger partial charge in [0, 0.05) is 11.2 Å². The van der Waals surface area contributed by atoms with E-state index in [9.17, 15) is 18.0 Å². The van der Waals surface area contributed by atoms with Crippen LogP contribution in [0.3, 0.4) is 0 Å². The second-order valence-electron chi connectivity index (χ2n) is 5.61. The number of carbonyl (C=O) groups is 2. The van der Waals surface area contributed by atoms with Gasteiger partial charge in [0.2, 0.25) is 0 Å². The summed E-state index contributed by atoms with van der Waals surface area (Å²) in [5.74, 6) is -2.97. The maximum absolute atomic E-state index is 12.4. The first-order valence-electron chi connectivity index (χ1n) is 7.88. The van der Waals surface area contributed by atoms with Crippen molar-refractivity contribution in [2.24, 2.45) is 0 Å². The van der Waals surface area contributed by atoms with Crippen molar-refractivity contribution < 1.29 is 27.9 Å². The highest BCUT2D eigenvalue weighted by atomic mass is 35.5. The Kier molecular flexibility index (Phi) is 6.63. The number of fused-ring (bicyclic) bond motifs is 1. The number of aromatic nitrogens is 2. The zero-order valence-corrected chi connectivity index (χ0v) is 15.2. The molecule has 28 heavy (non-hydrogen) atoms. The third-order valence-corrected chi connectivity index (χ3v) is 3.97. The molecule has 0 bridgehead atoms. The van der Waals surface area contributed by atoms with Gasteiger partial charge in [0.1, 0.15) is 6.33 Å². The van der Waals surface area contributed by atoms with Gasteiger partial charge in [-0.2, -0.15) is 13.2 Å². The first-order chi connectivity index (χ1) is 13.1. The van der Waals surface area contributed by atoms with Crippen molar-refractivity contribution in [1.82, 2.24) is 14.7 Å². The van der Waals surface area contributed by atoms with E-state index in [0.29, 0.717) is 10.7 Å². The van der Waals surface area contributed by atoms with Crippen LogP contribution in [-0.2, 0) is 4.79 Å². The molecule has 3 aromatic rings. The highest BCUT2D eigenvalue weighted by Gasteiger charge is 2.38. The quantitative estimate of drug-likeness (QED) is 0.676. The van der Waals surface area contributed by atoms with Gasteiger partial charge in [-0.05, 0) is 30.7 Å². The lowest BCUT2D eigenvalue weighted by molar-refractivity contribution is -0.192. The average Bonchev–Trinajstić information content (AvgIpc) is 3.06. The summed E-state index contributed by atoms with van der Waals surface area (Å²) in [5.41, 5.74) is 2.08. The molecule has 0 aliphatic heterocycles. The van der Waals surface area contributed by atoms with E-state index in [1.54, 1.807) is 6.33 Å². The number of carboxylic acid groups (broad SMARTS) is 1. The van der Waals surface area contributed by atoms with Crippen molar-refractivity contribution in [1.29, 1.82) is 0 Å². The van der Waals surface area contributed by atoms with Gasteiger partial charge in [-0.3, -0.25) is 4.79 Å². The van der Waals surface area contributed by atoms with Crippen LogP contribution in [0.5, 0.6) is 0 Å². The summed E-state index contributed by atoms with van der Waals surface area (Å²) in [6.07, 6.45) is -1.60. The van der Waals surface area contributed by atoms with E-state index in [2.05, 4.69) is 10.3 Å². The number of hydrogen-bond donors (Lipinski definition) is 2. The van der Waals surface area contributed by atoms with Gasteiger partial charge in [0.25, 0.3) is 5.91 Å². The number of halogens is 4. The maximum atomic E-state index is 12.4. The van der Waals surface area contributed by atoms with Gasteiger partial charge in [-0.15, -0.1) is 0 Å². The number of alkyl halides is 3. The van der Waals surface area contributed by atoms with Crippen LogP contribution in [0.4, 0.5) is 13.2 Å². The predicted molar refractivity (Wildman–Crippen MR) is 96.2 cm³/mol. The number of hydrogen-bond acceptors (Lipinski definition) is 3. The minimum atomic E-state index is -5.08. The summed E-state index contributed by atoms with van der Waals surface area (Å²) in [4.78, 5) is 25.5. The molecule has 2 heterocycles. The van der Waals surface area contributed by atoms with Crippen molar-refractivity contribution in [2.45, 2.75) is 19.1 Å². The largest absolute Gasteiger partial charge is 0.490 e. The van der Waals surface area contributed by atoms with E-state index in [1.165, 1.54) is 0 Å². The molecule has 0 spiro atoms. The Morgan fingerprint density at radius 1 is 1.18 bits per heavy atom. The highest BCUT2D eigenvalue weighted by molar-refractivity contribution is 6.31. The van der Waals surface area contributed by atoms with Crippen molar-refractivity contribution in [2.75, 3.05) is 0 Å². The van der Waals surface area contributed by atoms with Crippen LogP contribution in [0, 0.1) is 0 Å². The summed E-state index contributed by atoms with van der Waals surface area (Å²) in [7, 11) is 0. The maximum Gasteiger partial charge on any atom is 0.490 e. The summed E-state index contributed by atoms with van der Waals surface area (Å²) in [6, 6.07) is 12.9. The Labute approximate surface area is 162 Å². The molecular weight excluding hydrogens is 399 g/mol. The Balaban J connectivity index is 0.000000345. The summed E-state index contributed by atoms with van der Waals surface area (Å²) >= 11 is 6.15. The second-order valence-corrected chi connectivity index (χ2v) is 6.01. The molecule has 2 N–H and O–H groups in total. The molecule has 1 atom stereocenters. The number of amides is 1. The lowest BCUT2D eigenvalue weighted by atomic mass is 10.1. The van der Waals surface area contributed by atoms with Gasteiger partial charge >= 0.3 is 12.1 Å². The Morgan fingerprint density at radius 3 is 2.39 bits per heavy atom. The summed E-state index contributed by atoms with van der Waals surface area (Å²) in [6.45, 7) is 1.90. The molecule has 0 radical (unpaired) electrons. The third-order valence-electron chi connectivity index (χ3n) is 3.62. The van der Waals surface area contributed by atoms with Gasteiger partial charge < -0.3 is 14.8 Å². The molecule has 0 saturated carbocycles. The molecular formula is C18H15ClF3N3O3. The molecule has 6 nitrogen and oxygen atoms in total. The van der Waals surface area contributed by atoms with Gasteiger partial charge in [-0.25, -0.2) is 9.78 Å². The van der Waals surface area contributed by atoms with Crippen LogP contribution in [0.1, 0.15) is 29.0 Å². The molecule has 2 aromatic heterocycles. The monoisotopic (exact) mass is 413 g/mol. The SMILES string of the molecule is CC(NC(=O)c1ncn2ccccc12)c1ccccc1Cl.O=C(O)C(F)(F)F. The van der Waals surface area contributed by atoms with Crippen molar-refractivity contribution in [3.8, 4) is 0 Å². The summed E-state index contributed by atoms with van der Waals surface area (Å²) in [5, 5.41) is 10.7. The zero-order chi connectivity index (χ0) is 20.9. The molecule has 148 valence electrons. The topological polar surface area (TPSA) is 83.7 Å². The molecule has 1 aromatic carbocycles. The fourth-order valence-electron chi connectivity index (χ4n) is 2.29. The Morgan fingerprint density at radius 2 is 1.79 bits per heavy atom. The van der Waals surface area contributed by atoms with Crippen LogP contribution in [-0.4, -0.2) is 32.5 Å². The standard InChI is InChI=1S/C16H14ClN3O.C2HF3O2/c1-11(12-6-2-3-7-13(12)17)19-16(21)15-14-8-4-5-9-20(14)10-18-15;3-2(4,5)1(6)7/h2-11H,1H3,(H,19,21);(H,6,7). The first-order valence-corrected chi connectivity index (χ1v) is 8.26. The first kappa shape index (κ1) is 21.2. The Bertz CT molecular complexity index is 989. The number of carbonyl (C=O) groups excluding carboxylic acids is 1. The number of nitrogens with one attached hydrogen (secondary N) is 1. The van der Waals surface area contributed by atoms with E-state index >= 15 is 0 Å². The second kappa shape index (κ2) is 8.75. The fourth-order valence-corrected chi connectivity index (χ4v) is 2.59. The molecule has 0 aliphatic rings. The van der Waals surface area contributed by atoms with Gasteiger partial charge in [0.05, 0.1) is 11.6 Å². The molecule has 0 saturated heterocycles. The van der Waals surface area contributed by atoms with E-state index in [-0.39, 0.29) is 11.9 Å². The van der Waals surface area contributed by atoms with E-state index in [0.717, 1.165) is 11.1 Å². The lowest BCUT2D eigenvalue weighted by Gasteiger charge is -2.15. The molecule has 1 unspecified atom stereocenters. The number of rotatable bonds is 3. The number of imidazole rings is 1. The van der Waals surface area contributed by atoms with E-state index in [1.807, 2.05) is 60.0 Å². The van der Waals surface area contributed by atoms with Gasteiger partial charge in [0.15, 0.2) is 5.69 Å². The smallest absolute Gasteiger partial charge is 0.475 e. The number of aliphatic carboxylic acids is 1. The zero-order valence-electron chi connectivity index (χ0n) is 14.4. The van der Waals surface area contributed by atoms with Crippen molar-refractivity contribution >= 4 is 29.0 Å². The molecule has 3 rings (SSSR count).